The molecule has 0 radical (unpaired) electrons. The first-order valence-corrected chi connectivity index (χ1v) is 5.24. The van der Waals surface area contributed by atoms with Crippen molar-refractivity contribution in [1.82, 2.24) is 0 Å². The SMILES string of the molecule is CC(C)C=O.c1ccc(C2CC2)cc1. The Balaban J connectivity index is 0.000000171. The molecule has 1 saturated carbocycles. The van der Waals surface area contributed by atoms with Crippen LogP contribution in [0.15, 0.2) is 30.3 Å². The van der Waals surface area contributed by atoms with Crippen molar-refractivity contribution in [1.29, 1.82) is 0 Å². The molecule has 1 heteroatoms. The van der Waals surface area contributed by atoms with E-state index < -0.39 is 0 Å². The quantitative estimate of drug-likeness (QED) is 0.653. The zero-order valence-electron chi connectivity index (χ0n) is 8.94. The third-order valence-corrected chi connectivity index (χ3v) is 2.12. The molecule has 0 amide bonds. The van der Waals surface area contributed by atoms with Gasteiger partial charge < -0.3 is 4.79 Å². The lowest BCUT2D eigenvalue weighted by atomic mass is 10.1. The molecule has 0 N–H and O–H groups in total. The lowest BCUT2D eigenvalue weighted by Gasteiger charge is -1.92. The molecule has 0 bridgehead atoms. The van der Waals surface area contributed by atoms with Crippen molar-refractivity contribution in [3.8, 4) is 0 Å². The number of rotatable bonds is 2. The van der Waals surface area contributed by atoms with E-state index in [2.05, 4.69) is 30.3 Å². The summed E-state index contributed by atoms with van der Waals surface area (Å²) in [4.78, 5) is 9.50. The van der Waals surface area contributed by atoms with E-state index in [0.29, 0.717) is 0 Å². The van der Waals surface area contributed by atoms with Crippen LogP contribution in [0.3, 0.4) is 0 Å². The Kier molecular flexibility index (Phi) is 4.37. The van der Waals surface area contributed by atoms with Crippen molar-refractivity contribution in [2.75, 3.05) is 0 Å². The van der Waals surface area contributed by atoms with Crippen molar-refractivity contribution in [3.05, 3.63) is 35.9 Å². The molecule has 0 spiro atoms. The van der Waals surface area contributed by atoms with E-state index in [9.17, 15) is 4.79 Å². The van der Waals surface area contributed by atoms with Gasteiger partial charge >= 0.3 is 0 Å². The molecule has 0 saturated heterocycles. The van der Waals surface area contributed by atoms with Crippen molar-refractivity contribution in [3.63, 3.8) is 0 Å². The van der Waals surface area contributed by atoms with Gasteiger partial charge in [-0.2, -0.15) is 0 Å². The van der Waals surface area contributed by atoms with Crippen LogP contribution in [-0.2, 0) is 4.79 Å². The molecule has 1 nitrogen and oxygen atoms in total. The molecule has 76 valence electrons. The van der Waals surface area contributed by atoms with Crippen LogP contribution < -0.4 is 0 Å². The summed E-state index contributed by atoms with van der Waals surface area (Å²) in [5.41, 5.74) is 1.53. The summed E-state index contributed by atoms with van der Waals surface area (Å²) in [5, 5.41) is 0. The van der Waals surface area contributed by atoms with Crippen LogP contribution >= 0.6 is 0 Å². The van der Waals surface area contributed by atoms with E-state index in [0.717, 1.165) is 12.2 Å². The minimum atomic E-state index is 0.204. The Hall–Kier alpha value is -1.11. The molecule has 0 atom stereocenters. The third kappa shape index (κ3) is 4.22. The summed E-state index contributed by atoms with van der Waals surface area (Å²) in [6.45, 7) is 3.71. The van der Waals surface area contributed by atoms with Gasteiger partial charge in [0.2, 0.25) is 0 Å². The summed E-state index contributed by atoms with van der Waals surface area (Å²) in [7, 11) is 0. The highest BCUT2D eigenvalue weighted by Crippen LogP contribution is 2.39. The zero-order valence-corrected chi connectivity index (χ0v) is 8.94. The highest BCUT2D eigenvalue weighted by molar-refractivity contribution is 5.51. The normalized spacial score (nSPS) is 14.5. The Labute approximate surface area is 86.1 Å². The Morgan fingerprint density at radius 3 is 2.07 bits per heavy atom. The number of aldehydes is 1. The van der Waals surface area contributed by atoms with Gasteiger partial charge in [0.05, 0.1) is 0 Å². The third-order valence-electron chi connectivity index (χ3n) is 2.12. The number of carbonyl (C=O) groups is 1. The zero-order chi connectivity index (χ0) is 10.4. The molecule has 0 aromatic heterocycles. The standard InChI is InChI=1S/C9H10.C4H8O/c1-2-4-8(5-3-1)9-6-7-9;1-4(2)3-5/h1-5,9H,6-7H2;3-4H,1-2H3. The molecule has 14 heavy (non-hydrogen) atoms. The first-order chi connectivity index (χ1) is 6.74. The average molecular weight is 190 g/mol. The molecule has 1 aromatic carbocycles. The van der Waals surface area contributed by atoms with E-state index in [-0.39, 0.29) is 5.92 Å². The largest absolute Gasteiger partial charge is 0.303 e. The summed E-state index contributed by atoms with van der Waals surface area (Å²) in [6.07, 6.45) is 3.73. The van der Waals surface area contributed by atoms with Gasteiger partial charge in [0.1, 0.15) is 6.29 Å². The number of carbonyl (C=O) groups excluding carboxylic acids is 1. The average Bonchev–Trinajstić information content (AvgIpc) is 3.03. The van der Waals surface area contributed by atoms with E-state index >= 15 is 0 Å². The van der Waals surface area contributed by atoms with Crippen molar-refractivity contribution < 1.29 is 4.79 Å². The second-order valence-electron chi connectivity index (χ2n) is 4.07. The smallest absolute Gasteiger partial charge is 0.122 e. The fourth-order valence-electron chi connectivity index (χ4n) is 1.14. The van der Waals surface area contributed by atoms with Crippen LogP contribution in [-0.4, -0.2) is 6.29 Å². The van der Waals surface area contributed by atoms with Gasteiger partial charge in [-0.05, 0) is 24.3 Å². The minimum absolute atomic E-state index is 0.204. The van der Waals surface area contributed by atoms with E-state index in [1.165, 1.54) is 18.4 Å². The molecule has 1 aliphatic carbocycles. The van der Waals surface area contributed by atoms with E-state index in [4.69, 9.17) is 0 Å². The number of hydrogen-bond donors (Lipinski definition) is 0. The maximum absolute atomic E-state index is 9.50. The molecule has 2 rings (SSSR count). The van der Waals surface area contributed by atoms with Crippen molar-refractivity contribution >= 4 is 6.29 Å². The van der Waals surface area contributed by atoms with Gasteiger partial charge in [-0.3, -0.25) is 0 Å². The van der Waals surface area contributed by atoms with Crippen LogP contribution in [0, 0.1) is 5.92 Å². The number of benzene rings is 1. The Morgan fingerprint density at radius 2 is 1.71 bits per heavy atom. The topological polar surface area (TPSA) is 17.1 Å². The number of hydrogen-bond acceptors (Lipinski definition) is 1. The van der Waals surface area contributed by atoms with Crippen LogP contribution in [0.25, 0.3) is 0 Å². The Morgan fingerprint density at radius 1 is 1.21 bits per heavy atom. The van der Waals surface area contributed by atoms with Crippen LogP contribution in [0.5, 0.6) is 0 Å². The molecular formula is C13H18O. The maximum atomic E-state index is 9.50. The van der Waals surface area contributed by atoms with E-state index in [1.807, 2.05) is 13.8 Å². The summed E-state index contributed by atoms with van der Waals surface area (Å²) in [6, 6.07) is 10.8. The molecule has 0 heterocycles. The van der Waals surface area contributed by atoms with Gasteiger partial charge in [-0.1, -0.05) is 44.2 Å². The highest BCUT2D eigenvalue weighted by Gasteiger charge is 2.22. The fourth-order valence-corrected chi connectivity index (χ4v) is 1.14. The van der Waals surface area contributed by atoms with Gasteiger partial charge in [0.25, 0.3) is 0 Å². The lowest BCUT2D eigenvalue weighted by Crippen LogP contribution is -1.82. The highest BCUT2D eigenvalue weighted by atomic mass is 16.1. The molecule has 1 aromatic rings. The minimum Gasteiger partial charge on any atom is -0.303 e. The second-order valence-corrected chi connectivity index (χ2v) is 4.07. The van der Waals surface area contributed by atoms with E-state index in [1.54, 1.807) is 0 Å². The van der Waals surface area contributed by atoms with Gasteiger partial charge in [0.15, 0.2) is 0 Å². The first-order valence-electron chi connectivity index (χ1n) is 5.24. The van der Waals surface area contributed by atoms with Crippen LogP contribution in [0.2, 0.25) is 0 Å². The van der Waals surface area contributed by atoms with Crippen molar-refractivity contribution in [2.24, 2.45) is 5.92 Å². The summed E-state index contributed by atoms with van der Waals surface area (Å²) >= 11 is 0. The predicted octanol–water partition coefficient (Wildman–Crippen LogP) is 3.41. The molecule has 1 fully saturated rings. The van der Waals surface area contributed by atoms with Gasteiger partial charge in [-0.25, -0.2) is 0 Å². The molecule has 0 unspecified atom stereocenters. The summed E-state index contributed by atoms with van der Waals surface area (Å²) < 4.78 is 0. The fraction of sp³-hybridized carbons (Fsp3) is 0.462. The molecular weight excluding hydrogens is 172 g/mol. The predicted molar refractivity (Wildman–Crippen MR) is 59.3 cm³/mol. The second kappa shape index (κ2) is 5.58. The van der Waals surface area contributed by atoms with Crippen LogP contribution in [0.4, 0.5) is 0 Å². The summed E-state index contributed by atoms with van der Waals surface area (Å²) in [5.74, 6) is 1.11. The molecule has 1 aliphatic rings. The lowest BCUT2D eigenvalue weighted by molar-refractivity contribution is -0.110. The van der Waals surface area contributed by atoms with Gasteiger partial charge in [0, 0.05) is 5.92 Å². The van der Waals surface area contributed by atoms with Gasteiger partial charge in [-0.15, -0.1) is 0 Å². The van der Waals surface area contributed by atoms with Crippen LogP contribution in [0.1, 0.15) is 38.2 Å². The Bertz CT molecular complexity index is 260. The first kappa shape index (κ1) is 11.0. The maximum Gasteiger partial charge on any atom is 0.122 e. The molecule has 0 aliphatic heterocycles. The van der Waals surface area contributed by atoms with Crippen molar-refractivity contribution in [2.45, 2.75) is 32.6 Å². The monoisotopic (exact) mass is 190 g/mol.